The zero-order valence-electron chi connectivity index (χ0n) is 9.88. The molecular weight excluding hydrogens is 325 g/mol. The smallest absolute Gasteiger partial charge is 0.175 e. The van der Waals surface area contributed by atoms with E-state index in [-0.39, 0.29) is 10.8 Å². The summed E-state index contributed by atoms with van der Waals surface area (Å²) in [6.07, 6.45) is 0. The molecule has 0 saturated heterocycles. The Bertz CT molecular complexity index is 645. The van der Waals surface area contributed by atoms with E-state index in [0.717, 1.165) is 18.2 Å². The fourth-order valence-corrected chi connectivity index (χ4v) is 2.19. The van der Waals surface area contributed by atoms with Crippen LogP contribution in [0.4, 0.5) is 20.2 Å². The number of benzene rings is 2. The van der Waals surface area contributed by atoms with Crippen molar-refractivity contribution in [2.24, 2.45) is 0 Å². The van der Waals surface area contributed by atoms with Gasteiger partial charge in [0.15, 0.2) is 5.11 Å². The quantitative estimate of drug-likeness (QED) is 0.750. The van der Waals surface area contributed by atoms with Gasteiger partial charge in [0.1, 0.15) is 11.6 Å². The number of hydrogen-bond acceptors (Lipinski definition) is 1. The Morgan fingerprint density at radius 1 is 0.950 bits per heavy atom. The minimum absolute atomic E-state index is 0.152. The third kappa shape index (κ3) is 4.03. The van der Waals surface area contributed by atoms with Gasteiger partial charge in [0, 0.05) is 16.8 Å². The van der Waals surface area contributed by atoms with Crippen LogP contribution in [0.1, 0.15) is 0 Å². The third-order valence-corrected chi connectivity index (χ3v) is 3.05. The van der Waals surface area contributed by atoms with Crippen LogP contribution < -0.4 is 10.6 Å². The van der Waals surface area contributed by atoms with Crippen molar-refractivity contribution >= 4 is 51.9 Å². The van der Waals surface area contributed by atoms with Crippen LogP contribution in [-0.4, -0.2) is 5.11 Å². The van der Waals surface area contributed by atoms with Gasteiger partial charge in [0.25, 0.3) is 0 Å². The van der Waals surface area contributed by atoms with Gasteiger partial charge < -0.3 is 10.6 Å². The molecule has 7 heteroatoms. The normalized spacial score (nSPS) is 10.2. The maximum Gasteiger partial charge on any atom is 0.175 e. The van der Waals surface area contributed by atoms with Crippen LogP contribution in [0.5, 0.6) is 0 Å². The first kappa shape index (κ1) is 15.0. The van der Waals surface area contributed by atoms with Gasteiger partial charge in [-0.15, -0.1) is 0 Å². The summed E-state index contributed by atoms with van der Waals surface area (Å²) in [6, 6.07) is 7.86. The first-order valence-corrected chi connectivity index (χ1v) is 6.59. The van der Waals surface area contributed by atoms with Crippen LogP contribution in [0, 0.1) is 11.6 Å². The monoisotopic (exact) mass is 332 g/mol. The van der Waals surface area contributed by atoms with Gasteiger partial charge in [-0.3, -0.25) is 0 Å². The van der Waals surface area contributed by atoms with Gasteiger partial charge in [-0.1, -0.05) is 23.2 Å². The minimum atomic E-state index is -0.695. The number of rotatable bonds is 2. The van der Waals surface area contributed by atoms with Gasteiger partial charge in [-0.05, 0) is 42.5 Å². The van der Waals surface area contributed by atoms with Crippen molar-refractivity contribution in [1.82, 2.24) is 0 Å². The molecule has 0 aromatic heterocycles. The van der Waals surface area contributed by atoms with Gasteiger partial charge in [0.2, 0.25) is 0 Å². The summed E-state index contributed by atoms with van der Waals surface area (Å²) >= 11 is 16.8. The lowest BCUT2D eigenvalue weighted by Crippen LogP contribution is -2.19. The van der Waals surface area contributed by atoms with E-state index in [1.807, 2.05) is 0 Å². The predicted octanol–water partition coefficient (Wildman–Crippen LogP) is 5.08. The molecule has 2 aromatic rings. The highest BCUT2D eigenvalue weighted by atomic mass is 35.5. The van der Waals surface area contributed by atoms with E-state index in [9.17, 15) is 8.78 Å². The molecule has 0 bridgehead atoms. The largest absolute Gasteiger partial charge is 0.332 e. The minimum Gasteiger partial charge on any atom is -0.332 e. The molecule has 0 atom stereocenters. The second-order valence-electron chi connectivity index (χ2n) is 3.86. The first-order valence-electron chi connectivity index (χ1n) is 5.43. The molecule has 2 rings (SSSR count). The Morgan fingerprint density at radius 3 is 2.20 bits per heavy atom. The van der Waals surface area contributed by atoms with Crippen molar-refractivity contribution in [3.63, 3.8) is 0 Å². The molecule has 0 amide bonds. The lowest BCUT2D eigenvalue weighted by atomic mass is 10.3. The maximum absolute atomic E-state index is 13.0. The molecule has 0 radical (unpaired) electrons. The van der Waals surface area contributed by atoms with Crippen molar-refractivity contribution in [2.75, 3.05) is 10.6 Å². The van der Waals surface area contributed by atoms with Crippen LogP contribution in [0.15, 0.2) is 36.4 Å². The zero-order valence-corrected chi connectivity index (χ0v) is 12.2. The Kier molecular flexibility index (Phi) is 4.75. The van der Waals surface area contributed by atoms with E-state index in [1.165, 1.54) is 0 Å². The third-order valence-electron chi connectivity index (χ3n) is 2.30. The molecule has 0 aliphatic carbocycles. The summed E-state index contributed by atoms with van der Waals surface area (Å²) in [6.45, 7) is 0. The standard InChI is InChI=1S/C13H8Cl2F2N2S/c14-7-1-2-12(11(15)3-7)19-13(20)18-10-5-8(16)4-9(17)6-10/h1-6H,(H2,18,19,20). The highest BCUT2D eigenvalue weighted by molar-refractivity contribution is 7.80. The Labute approximate surface area is 129 Å². The number of thiocarbonyl (C=S) groups is 1. The van der Waals surface area contributed by atoms with Crippen molar-refractivity contribution in [2.45, 2.75) is 0 Å². The maximum atomic E-state index is 13.0. The topological polar surface area (TPSA) is 24.1 Å². The summed E-state index contributed by atoms with van der Waals surface area (Å²) in [5, 5.41) is 6.50. The van der Waals surface area contributed by atoms with Crippen LogP contribution >= 0.6 is 35.4 Å². The zero-order chi connectivity index (χ0) is 14.7. The van der Waals surface area contributed by atoms with Crippen molar-refractivity contribution in [3.05, 3.63) is 58.1 Å². The van der Waals surface area contributed by atoms with Crippen molar-refractivity contribution < 1.29 is 8.78 Å². The molecule has 0 heterocycles. The first-order chi connectivity index (χ1) is 9.44. The molecule has 20 heavy (non-hydrogen) atoms. The van der Waals surface area contributed by atoms with E-state index in [1.54, 1.807) is 18.2 Å². The fraction of sp³-hybridized carbons (Fsp3) is 0. The van der Waals surface area contributed by atoms with Gasteiger partial charge in [-0.2, -0.15) is 0 Å². The molecule has 2 nitrogen and oxygen atoms in total. The number of hydrogen-bond donors (Lipinski definition) is 2. The van der Waals surface area contributed by atoms with Crippen LogP contribution in [0.25, 0.3) is 0 Å². The fourth-order valence-electron chi connectivity index (χ4n) is 1.50. The number of nitrogens with one attached hydrogen (secondary N) is 2. The summed E-state index contributed by atoms with van der Waals surface area (Å²) in [4.78, 5) is 0. The van der Waals surface area contributed by atoms with Gasteiger partial charge >= 0.3 is 0 Å². The van der Waals surface area contributed by atoms with E-state index in [2.05, 4.69) is 10.6 Å². The summed E-state index contributed by atoms with van der Waals surface area (Å²) in [5.41, 5.74) is 0.732. The van der Waals surface area contributed by atoms with Crippen LogP contribution in [-0.2, 0) is 0 Å². The molecule has 0 fully saturated rings. The second-order valence-corrected chi connectivity index (χ2v) is 5.11. The lowest BCUT2D eigenvalue weighted by molar-refractivity contribution is 0.584. The Hall–Kier alpha value is -1.43. The molecule has 0 aliphatic rings. The number of halogens is 4. The molecule has 0 unspecified atom stereocenters. The van der Waals surface area contributed by atoms with Crippen LogP contribution in [0.2, 0.25) is 10.0 Å². The number of anilines is 2. The van der Waals surface area contributed by atoms with Crippen LogP contribution in [0.3, 0.4) is 0 Å². The summed E-state index contributed by atoms with van der Waals surface area (Å²) in [5.74, 6) is -1.39. The van der Waals surface area contributed by atoms with E-state index in [0.29, 0.717) is 15.7 Å². The van der Waals surface area contributed by atoms with E-state index in [4.69, 9.17) is 35.4 Å². The summed E-state index contributed by atoms with van der Waals surface area (Å²) in [7, 11) is 0. The highest BCUT2D eigenvalue weighted by Gasteiger charge is 2.05. The average Bonchev–Trinajstić information content (AvgIpc) is 2.31. The van der Waals surface area contributed by atoms with Crippen molar-refractivity contribution in [3.8, 4) is 0 Å². The SMILES string of the molecule is Fc1cc(F)cc(NC(=S)Nc2ccc(Cl)cc2Cl)c1. The molecule has 2 N–H and O–H groups in total. The lowest BCUT2D eigenvalue weighted by Gasteiger charge is -2.12. The molecular formula is C13H8Cl2F2N2S. The summed E-state index contributed by atoms with van der Waals surface area (Å²) < 4.78 is 26.1. The van der Waals surface area contributed by atoms with Crippen molar-refractivity contribution in [1.29, 1.82) is 0 Å². The molecule has 0 saturated carbocycles. The average molecular weight is 333 g/mol. The Balaban J connectivity index is 2.09. The molecule has 2 aromatic carbocycles. The Morgan fingerprint density at radius 2 is 1.60 bits per heavy atom. The predicted molar refractivity (Wildman–Crippen MR) is 82.7 cm³/mol. The molecule has 0 spiro atoms. The van der Waals surface area contributed by atoms with E-state index >= 15 is 0 Å². The highest BCUT2D eigenvalue weighted by Crippen LogP contribution is 2.25. The van der Waals surface area contributed by atoms with E-state index < -0.39 is 11.6 Å². The van der Waals surface area contributed by atoms with Gasteiger partial charge in [-0.25, -0.2) is 8.78 Å². The molecule has 0 aliphatic heterocycles. The van der Waals surface area contributed by atoms with Gasteiger partial charge in [0.05, 0.1) is 10.7 Å². The molecule has 104 valence electrons. The second kappa shape index (κ2) is 6.35.